The van der Waals surface area contributed by atoms with Gasteiger partial charge < -0.3 is 5.73 Å². The van der Waals surface area contributed by atoms with Gasteiger partial charge in [-0.15, -0.1) is 0 Å². The minimum Gasteiger partial charge on any atom is -0.330 e. The molecular weight excluding hydrogens is 325 g/mol. The summed E-state index contributed by atoms with van der Waals surface area (Å²) in [6.07, 6.45) is 0. The highest BCUT2D eigenvalue weighted by Gasteiger charge is 2.58. The van der Waals surface area contributed by atoms with Crippen LogP contribution in [-0.2, 0) is 9.84 Å². The molecule has 0 spiro atoms. The maximum atomic E-state index is 13.4. The summed E-state index contributed by atoms with van der Waals surface area (Å²) < 4.78 is 38.9. The first-order valence-electron chi connectivity index (χ1n) is 6.90. The molecule has 0 heterocycles. The smallest absolute Gasteiger partial charge is 0.182 e. The molecule has 0 saturated heterocycles. The number of hydrogen-bond acceptors (Lipinski definition) is 3. The van der Waals surface area contributed by atoms with Crippen molar-refractivity contribution in [2.24, 2.45) is 11.7 Å². The van der Waals surface area contributed by atoms with Crippen LogP contribution in [0.2, 0.25) is 5.02 Å². The van der Waals surface area contributed by atoms with Crippen molar-refractivity contribution in [3.8, 4) is 0 Å². The van der Waals surface area contributed by atoms with Gasteiger partial charge in [0.1, 0.15) is 5.82 Å². The Bertz CT molecular complexity index is 792. The lowest BCUT2D eigenvalue weighted by Crippen LogP contribution is -2.13. The summed E-state index contributed by atoms with van der Waals surface area (Å²) in [5, 5.41) is -0.132. The Hall–Kier alpha value is -1.43. The molecule has 22 heavy (non-hydrogen) atoms. The Morgan fingerprint density at radius 3 is 2.41 bits per heavy atom. The van der Waals surface area contributed by atoms with Crippen molar-refractivity contribution < 1.29 is 12.8 Å². The number of rotatable bonds is 4. The first kappa shape index (κ1) is 15.5. The summed E-state index contributed by atoms with van der Waals surface area (Å²) in [5.41, 5.74) is 6.39. The van der Waals surface area contributed by atoms with E-state index in [2.05, 4.69) is 0 Å². The molecule has 0 amide bonds. The molecule has 1 saturated carbocycles. The highest BCUT2D eigenvalue weighted by molar-refractivity contribution is 7.92. The molecule has 3 rings (SSSR count). The van der Waals surface area contributed by atoms with Gasteiger partial charge in [0.05, 0.1) is 10.1 Å². The van der Waals surface area contributed by atoms with Crippen LogP contribution in [0.15, 0.2) is 53.4 Å². The van der Waals surface area contributed by atoms with Crippen LogP contribution in [0.25, 0.3) is 0 Å². The molecule has 0 bridgehead atoms. The summed E-state index contributed by atoms with van der Waals surface area (Å²) in [6.45, 7) is 0.249. The standard InChI is InChI=1S/C16H15ClFNO2S/c17-11-4-6-13(7-5-11)22(20,21)16-14(9-19)15(16)10-2-1-3-12(18)8-10/h1-8,14-16H,9,19H2/t14-,15-,16-/m1/s1. The predicted molar refractivity (Wildman–Crippen MR) is 84.1 cm³/mol. The zero-order valence-corrected chi connectivity index (χ0v) is 13.2. The molecule has 3 atom stereocenters. The molecule has 2 N–H and O–H groups in total. The molecule has 3 nitrogen and oxygen atoms in total. The molecule has 0 radical (unpaired) electrons. The predicted octanol–water partition coefficient (Wildman–Crippen LogP) is 2.99. The number of benzene rings is 2. The van der Waals surface area contributed by atoms with Crippen LogP contribution in [0, 0.1) is 11.7 Å². The van der Waals surface area contributed by atoms with Crippen molar-refractivity contribution in [3.05, 3.63) is 64.9 Å². The summed E-state index contributed by atoms with van der Waals surface area (Å²) in [6, 6.07) is 12.1. The summed E-state index contributed by atoms with van der Waals surface area (Å²) in [5.74, 6) is -0.827. The third-order valence-electron chi connectivity index (χ3n) is 4.10. The molecule has 6 heteroatoms. The lowest BCUT2D eigenvalue weighted by molar-refractivity contribution is 0.591. The van der Waals surface area contributed by atoms with E-state index in [4.69, 9.17) is 17.3 Å². The summed E-state index contributed by atoms with van der Waals surface area (Å²) in [4.78, 5) is 0.222. The number of hydrogen-bond donors (Lipinski definition) is 1. The van der Waals surface area contributed by atoms with E-state index in [9.17, 15) is 12.8 Å². The molecule has 2 aromatic rings. The van der Waals surface area contributed by atoms with Gasteiger partial charge in [0, 0.05) is 10.9 Å². The maximum absolute atomic E-state index is 13.4. The van der Waals surface area contributed by atoms with Gasteiger partial charge in [0.25, 0.3) is 0 Å². The lowest BCUT2D eigenvalue weighted by atomic mass is 10.1. The Morgan fingerprint density at radius 1 is 1.14 bits per heavy atom. The van der Waals surface area contributed by atoms with Gasteiger partial charge in [-0.25, -0.2) is 12.8 Å². The van der Waals surface area contributed by atoms with Gasteiger partial charge in [0.2, 0.25) is 0 Å². The van der Waals surface area contributed by atoms with Crippen molar-refractivity contribution in [1.82, 2.24) is 0 Å². The third kappa shape index (κ3) is 2.64. The van der Waals surface area contributed by atoms with Crippen molar-refractivity contribution in [2.45, 2.75) is 16.1 Å². The second-order valence-electron chi connectivity index (χ2n) is 5.44. The highest BCUT2D eigenvalue weighted by Crippen LogP contribution is 2.53. The Morgan fingerprint density at radius 2 is 1.82 bits per heavy atom. The molecule has 0 aromatic heterocycles. The summed E-state index contributed by atoms with van der Waals surface area (Å²) in [7, 11) is -3.52. The molecule has 116 valence electrons. The van der Waals surface area contributed by atoms with Gasteiger partial charge in [0.15, 0.2) is 9.84 Å². The molecule has 2 aromatic carbocycles. The van der Waals surface area contributed by atoms with Gasteiger partial charge in [-0.3, -0.25) is 0 Å². The quantitative estimate of drug-likeness (QED) is 0.931. The maximum Gasteiger partial charge on any atom is 0.182 e. The fourth-order valence-corrected chi connectivity index (χ4v) is 5.33. The van der Waals surface area contributed by atoms with Crippen LogP contribution < -0.4 is 5.73 Å². The highest BCUT2D eigenvalue weighted by atomic mass is 35.5. The SMILES string of the molecule is NC[C@@H]1[C@@H](c2cccc(F)c2)[C@@H]1S(=O)(=O)c1ccc(Cl)cc1. The molecule has 1 fully saturated rings. The second-order valence-corrected chi connectivity index (χ2v) is 7.99. The van der Waals surface area contributed by atoms with Crippen LogP contribution >= 0.6 is 11.6 Å². The topological polar surface area (TPSA) is 60.2 Å². The van der Waals surface area contributed by atoms with Crippen LogP contribution in [0.4, 0.5) is 4.39 Å². The van der Waals surface area contributed by atoms with E-state index in [1.807, 2.05) is 0 Å². The van der Waals surface area contributed by atoms with Crippen molar-refractivity contribution in [1.29, 1.82) is 0 Å². The largest absolute Gasteiger partial charge is 0.330 e. The first-order valence-corrected chi connectivity index (χ1v) is 8.82. The minimum atomic E-state index is -3.52. The zero-order valence-electron chi connectivity index (χ0n) is 11.6. The zero-order chi connectivity index (χ0) is 15.9. The van der Waals surface area contributed by atoms with E-state index in [-0.39, 0.29) is 29.1 Å². The van der Waals surface area contributed by atoms with E-state index in [1.54, 1.807) is 24.3 Å². The van der Waals surface area contributed by atoms with Crippen molar-refractivity contribution in [3.63, 3.8) is 0 Å². The number of nitrogens with two attached hydrogens (primary N) is 1. The first-order chi connectivity index (χ1) is 10.4. The normalized spacial score (nSPS) is 24.2. The van der Waals surface area contributed by atoms with Gasteiger partial charge >= 0.3 is 0 Å². The Balaban J connectivity index is 1.95. The Labute approximate surface area is 133 Å². The fraction of sp³-hybridized carbons (Fsp3) is 0.250. The van der Waals surface area contributed by atoms with Gasteiger partial charge in [-0.1, -0.05) is 23.7 Å². The fourth-order valence-electron chi connectivity index (χ4n) is 2.98. The second kappa shape index (κ2) is 5.65. The molecule has 0 unspecified atom stereocenters. The molecule has 1 aliphatic carbocycles. The van der Waals surface area contributed by atoms with Crippen LogP contribution in [-0.4, -0.2) is 20.2 Å². The summed E-state index contributed by atoms with van der Waals surface area (Å²) >= 11 is 5.80. The van der Waals surface area contributed by atoms with E-state index >= 15 is 0 Å². The Kier molecular flexibility index (Phi) is 3.97. The average molecular weight is 340 g/mol. The average Bonchev–Trinajstić information content (AvgIpc) is 3.23. The number of halogens is 2. The van der Waals surface area contributed by atoms with E-state index in [1.165, 1.54) is 24.3 Å². The molecule has 0 aliphatic heterocycles. The van der Waals surface area contributed by atoms with Crippen LogP contribution in [0.1, 0.15) is 11.5 Å². The van der Waals surface area contributed by atoms with Gasteiger partial charge in [-0.2, -0.15) is 0 Å². The van der Waals surface area contributed by atoms with Crippen LogP contribution in [0.5, 0.6) is 0 Å². The van der Waals surface area contributed by atoms with Crippen molar-refractivity contribution in [2.75, 3.05) is 6.54 Å². The third-order valence-corrected chi connectivity index (χ3v) is 6.64. The van der Waals surface area contributed by atoms with E-state index in [0.717, 1.165) is 0 Å². The van der Waals surface area contributed by atoms with Crippen LogP contribution in [0.3, 0.4) is 0 Å². The monoisotopic (exact) mass is 339 g/mol. The minimum absolute atomic E-state index is 0.192. The van der Waals surface area contributed by atoms with E-state index in [0.29, 0.717) is 10.6 Å². The lowest BCUT2D eigenvalue weighted by Gasteiger charge is -2.04. The van der Waals surface area contributed by atoms with E-state index < -0.39 is 15.1 Å². The van der Waals surface area contributed by atoms with Gasteiger partial charge in [-0.05, 0) is 54.4 Å². The molecule has 1 aliphatic rings. The number of sulfone groups is 1. The van der Waals surface area contributed by atoms with Crippen molar-refractivity contribution >= 4 is 21.4 Å². The molecular formula is C16H15ClFNO2S.